The van der Waals surface area contributed by atoms with Crippen molar-refractivity contribution in [2.24, 2.45) is 11.5 Å². The zero-order valence-electron chi connectivity index (χ0n) is 16.3. The van der Waals surface area contributed by atoms with Crippen molar-refractivity contribution in [2.45, 2.75) is 56.8 Å². The van der Waals surface area contributed by atoms with Gasteiger partial charge >= 0.3 is 11.9 Å². The highest BCUT2D eigenvalue weighted by Crippen LogP contribution is 2.03. The average molecular weight is 449 g/mol. The summed E-state index contributed by atoms with van der Waals surface area (Å²) >= 11 is 3.95. The van der Waals surface area contributed by atoms with Crippen molar-refractivity contribution in [1.29, 1.82) is 0 Å². The van der Waals surface area contributed by atoms with E-state index in [9.17, 15) is 28.8 Å². The molecular formula is C16H27N5O8S. The lowest BCUT2D eigenvalue weighted by Gasteiger charge is -2.23. The fourth-order valence-electron chi connectivity index (χ4n) is 2.12. The number of primary amides is 1. The third-order valence-corrected chi connectivity index (χ3v) is 4.17. The van der Waals surface area contributed by atoms with Crippen molar-refractivity contribution in [3.05, 3.63) is 0 Å². The molecule has 0 rings (SSSR count). The maximum atomic E-state index is 12.5. The fourth-order valence-corrected chi connectivity index (χ4v) is 2.38. The molecule has 0 saturated heterocycles. The first kappa shape index (κ1) is 27.1. The number of aliphatic carboxylic acids is 2. The molecule has 30 heavy (non-hydrogen) atoms. The zero-order chi connectivity index (χ0) is 23.4. The van der Waals surface area contributed by atoms with Gasteiger partial charge in [0.05, 0.1) is 6.04 Å². The van der Waals surface area contributed by atoms with Gasteiger partial charge in [0.2, 0.25) is 23.6 Å². The van der Waals surface area contributed by atoms with Crippen LogP contribution in [0, 0.1) is 0 Å². The molecule has 13 nitrogen and oxygen atoms in total. The lowest BCUT2D eigenvalue weighted by atomic mass is 10.1. The predicted molar refractivity (Wildman–Crippen MR) is 106 cm³/mol. The van der Waals surface area contributed by atoms with Crippen molar-refractivity contribution in [1.82, 2.24) is 16.0 Å². The lowest BCUT2D eigenvalue weighted by molar-refractivity contribution is -0.142. The second-order valence-electron chi connectivity index (χ2n) is 6.43. The summed E-state index contributed by atoms with van der Waals surface area (Å²) in [4.78, 5) is 69.4. The molecule has 170 valence electrons. The summed E-state index contributed by atoms with van der Waals surface area (Å²) in [7, 11) is 0. The molecule has 0 bridgehead atoms. The molecule has 0 aromatic carbocycles. The number of carbonyl (C=O) groups is 6. The SMILES string of the molecule is CC(N)C(=O)NC(CCC(=O)O)C(=O)NC(CS)C(=O)NC(CCC(N)=O)C(=O)O. The Kier molecular flexibility index (Phi) is 12.1. The molecule has 0 aromatic heterocycles. The van der Waals surface area contributed by atoms with Crippen molar-refractivity contribution in [3.8, 4) is 0 Å². The maximum absolute atomic E-state index is 12.5. The highest BCUT2D eigenvalue weighted by atomic mass is 32.1. The molecule has 0 aliphatic rings. The van der Waals surface area contributed by atoms with E-state index in [0.717, 1.165) is 0 Å². The van der Waals surface area contributed by atoms with Crippen LogP contribution in [0.25, 0.3) is 0 Å². The highest BCUT2D eigenvalue weighted by molar-refractivity contribution is 7.80. The van der Waals surface area contributed by atoms with Crippen LogP contribution in [0.2, 0.25) is 0 Å². The first-order valence-corrected chi connectivity index (χ1v) is 9.52. The average Bonchev–Trinajstić information content (AvgIpc) is 2.64. The number of nitrogens with one attached hydrogen (secondary N) is 3. The standard InChI is InChI=1S/C16H27N5O8S/c1-7(17)13(25)19-8(3-5-12(23)24)14(26)21-10(6-30)15(27)20-9(16(28)29)2-4-11(18)22/h7-10,30H,2-6,17H2,1H3,(H2,18,22)(H,19,25)(H,20,27)(H,21,26)(H,23,24)(H,28,29). The van der Waals surface area contributed by atoms with Crippen LogP contribution in [0.1, 0.15) is 32.6 Å². The number of rotatable bonds is 14. The van der Waals surface area contributed by atoms with Crippen LogP contribution < -0.4 is 27.4 Å². The molecular weight excluding hydrogens is 422 g/mol. The number of nitrogens with two attached hydrogens (primary N) is 2. The van der Waals surface area contributed by atoms with Crippen molar-refractivity contribution in [3.63, 3.8) is 0 Å². The second-order valence-corrected chi connectivity index (χ2v) is 6.80. The molecule has 9 N–H and O–H groups in total. The summed E-state index contributed by atoms with van der Waals surface area (Å²) in [6.45, 7) is 1.36. The Morgan fingerprint density at radius 3 is 1.73 bits per heavy atom. The van der Waals surface area contributed by atoms with Crippen LogP contribution in [-0.2, 0) is 28.8 Å². The molecule has 0 heterocycles. The number of carbonyl (C=O) groups excluding carboxylic acids is 4. The van der Waals surface area contributed by atoms with Gasteiger partial charge in [0.1, 0.15) is 18.1 Å². The second kappa shape index (κ2) is 13.4. The summed E-state index contributed by atoms with van der Waals surface area (Å²) < 4.78 is 0. The smallest absolute Gasteiger partial charge is 0.326 e. The van der Waals surface area contributed by atoms with Crippen LogP contribution in [0.4, 0.5) is 0 Å². The number of thiol groups is 1. The minimum Gasteiger partial charge on any atom is -0.481 e. The Bertz CT molecular complexity index is 672. The van der Waals surface area contributed by atoms with E-state index in [1.54, 1.807) is 0 Å². The summed E-state index contributed by atoms with van der Waals surface area (Å²) in [6, 6.07) is -4.98. The van der Waals surface area contributed by atoms with E-state index >= 15 is 0 Å². The van der Waals surface area contributed by atoms with Crippen LogP contribution in [0.5, 0.6) is 0 Å². The third-order valence-electron chi connectivity index (χ3n) is 3.80. The summed E-state index contributed by atoms with van der Waals surface area (Å²) in [5, 5.41) is 24.7. The topological polar surface area (TPSA) is 231 Å². The first-order valence-electron chi connectivity index (χ1n) is 8.89. The number of hydrogen-bond donors (Lipinski definition) is 8. The number of amides is 4. The van der Waals surface area contributed by atoms with Crippen molar-refractivity contribution >= 4 is 48.2 Å². The first-order chi connectivity index (χ1) is 13.9. The summed E-state index contributed by atoms with van der Waals surface area (Å²) in [5.41, 5.74) is 10.4. The van der Waals surface area contributed by atoms with E-state index in [4.69, 9.17) is 21.7 Å². The molecule has 0 spiro atoms. The van der Waals surface area contributed by atoms with E-state index in [-0.39, 0.29) is 25.0 Å². The number of carboxylic acid groups (broad SMARTS) is 2. The molecule has 0 aliphatic heterocycles. The number of hydrogen-bond acceptors (Lipinski definition) is 8. The minimum atomic E-state index is -1.43. The van der Waals surface area contributed by atoms with Crippen LogP contribution >= 0.6 is 12.6 Å². The summed E-state index contributed by atoms with van der Waals surface area (Å²) in [5.74, 6) is -6.06. The summed E-state index contributed by atoms with van der Waals surface area (Å²) in [6.07, 6.45) is -1.24. The third kappa shape index (κ3) is 10.6. The molecule has 4 amide bonds. The molecule has 4 unspecified atom stereocenters. The molecule has 0 aromatic rings. The maximum Gasteiger partial charge on any atom is 0.326 e. The highest BCUT2D eigenvalue weighted by Gasteiger charge is 2.29. The molecule has 0 radical (unpaired) electrons. The van der Waals surface area contributed by atoms with E-state index in [0.29, 0.717) is 0 Å². The van der Waals surface area contributed by atoms with Crippen molar-refractivity contribution < 1.29 is 39.0 Å². The number of carboxylic acids is 2. The monoisotopic (exact) mass is 449 g/mol. The van der Waals surface area contributed by atoms with Gasteiger partial charge in [-0.3, -0.25) is 24.0 Å². The Morgan fingerprint density at radius 2 is 1.30 bits per heavy atom. The van der Waals surface area contributed by atoms with Gasteiger partial charge in [-0.2, -0.15) is 12.6 Å². The van der Waals surface area contributed by atoms with Gasteiger partial charge in [-0.05, 0) is 19.8 Å². The van der Waals surface area contributed by atoms with Gasteiger partial charge in [0, 0.05) is 18.6 Å². The largest absolute Gasteiger partial charge is 0.481 e. The molecule has 0 aliphatic carbocycles. The van der Waals surface area contributed by atoms with Gasteiger partial charge in [-0.15, -0.1) is 0 Å². The molecule has 0 saturated carbocycles. The van der Waals surface area contributed by atoms with Crippen LogP contribution in [0.3, 0.4) is 0 Å². The fraction of sp³-hybridized carbons (Fsp3) is 0.625. The van der Waals surface area contributed by atoms with Gasteiger partial charge in [-0.1, -0.05) is 0 Å². The van der Waals surface area contributed by atoms with Gasteiger partial charge in [0.15, 0.2) is 0 Å². The molecule has 0 fully saturated rings. The normalized spacial score (nSPS) is 14.5. The van der Waals surface area contributed by atoms with E-state index in [1.165, 1.54) is 6.92 Å². The lowest BCUT2D eigenvalue weighted by Crippen LogP contribution is -2.57. The van der Waals surface area contributed by atoms with E-state index < -0.39 is 66.2 Å². The predicted octanol–water partition coefficient (Wildman–Crippen LogP) is -3.07. The Hall–Kier alpha value is -2.87. The van der Waals surface area contributed by atoms with Crippen LogP contribution in [0.15, 0.2) is 0 Å². The molecule has 4 atom stereocenters. The zero-order valence-corrected chi connectivity index (χ0v) is 17.2. The van der Waals surface area contributed by atoms with Crippen LogP contribution in [-0.4, -0.2) is 75.7 Å². The van der Waals surface area contributed by atoms with E-state index in [2.05, 4.69) is 28.6 Å². The minimum absolute atomic E-state index is 0.230. The quantitative estimate of drug-likeness (QED) is 0.126. The Morgan fingerprint density at radius 1 is 0.833 bits per heavy atom. The molecule has 14 heteroatoms. The Labute approximate surface area is 177 Å². The van der Waals surface area contributed by atoms with Gasteiger partial charge < -0.3 is 37.6 Å². The van der Waals surface area contributed by atoms with Gasteiger partial charge in [0.25, 0.3) is 0 Å². The van der Waals surface area contributed by atoms with E-state index in [1.807, 2.05) is 0 Å². The van der Waals surface area contributed by atoms with Gasteiger partial charge in [-0.25, -0.2) is 4.79 Å². The van der Waals surface area contributed by atoms with Crippen molar-refractivity contribution in [2.75, 3.05) is 5.75 Å². The Balaban J connectivity index is 5.18.